The van der Waals surface area contributed by atoms with Crippen molar-refractivity contribution in [1.29, 1.82) is 0 Å². The molecule has 21 heavy (non-hydrogen) atoms. The standard InChI is InChI=1S/C15H22N2O4/c1-21-13-3-2-12(14(18)10-13)11-17-8-6-16(7-9-17)5-4-15(19)20/h2-3,10,18H,4-9,11H2,1H3,(H,19,20). The van der Waals surface area contributed by atoms with E-state index in [0.717, 1.165) is 31.7 Å². The number of piperazine rings is 1. The number of ether oxygens (including phenoxy) is 1. The van der Waals surface area contributed by atoms with E-state index in [9.17, 15) is 9.90 Å². The molecule has 0 saturated carbocycles. The molecule has 1 aliphatic heterocycles. The van der Waals surface area contributed by atoms with Crippen molar-refractivity contribution in [3.8, 4) is 11.5 Å². The minimum absolute atomic E-state index is 0.194. The Morgan fingerprint density at radius 1 is 1.24 bits per heavy atom. The summed E-state index contributed by atoms with van der Waals surface area (Å²) in [5.74, 6) is 0.151. The van der Waals surface area contributed by atoms with Crippen molar-refractivity contribution >= 4 is 5.97 Å². The molecule has 1 saturated heterocycles. The van der Waals surface area contributed by atoms with Gasteiger partial charge in [-0.3, -0.25) is 9.69 Å². The Kier molecular flexibility index (Phi) is 5.41. The molecule has 2 rings (SSSR count). The lowest BCUT2D eigenvalue weighted by atomic mass is 10.1. The second kappa shape index (κ2) is 7.28. The molecule has 1 heterocycles. The zero-order chi connectivity index (χ0) is 15.2. The first-order valence-electron chi connectivity index (χ1n) is 7.11. The van der Waals surface area contributed by atoms with Gasteiger partial charge in [0.1, 0.15) is 11.5 Å². The molecule has 0 amide bonds. The van der Waals surface area contributed by atoms with Crippen molar-refractivity contribution in [2.45, 2.75) is 13.0 Å². The number of benzene rings is 1. The van der Waals surface area contributed by atoms with Gasteiger partial charge in [-0.25, -0.2) is 0 Å². The summed E-state index contributed by atoms with van der Waals surface area (Å²) >= 11 is 0. The third-order valence-electron chi connectivity index (χ3n) is 3.79. The van der Waals surface area contributed by atoms with Crippen LogP contribution in [-0.2, 0) is 11.3 Å². The fraction of sp³-hybridized carbons (Fsp3) is 0.533. The molecule has 1 aromatic rings. The SMILES string of the molecule is COc1ccc(CN2CCN(CCC(=O)O)CC2)c(O)c1. The Hall–Kier alpha value is -1.79. The largest absolute Gasteiger partial charge is 0.507 e. The lowest BCUT2D eigenvalue weighted by Crippen LogP contribution is -2.46. The first-order valence-corrected chi connectivity index (χ1v) is 7.11. The van der Waals surface area contributed by atoms with E-state index < -0.39 is 5.97 Å². The molecule has 1 fully saturated rings. The Morgan fingerprint density at radius 3 is 2.48 bits per heavy atom. The highest BCUT2D eigenvalue weighted by molar-refractivity contribution is 5.66. The molecule has 2 N–H and O–H groups in total. The van der Waals surface area contributed by atoms with Crippen LogP contribution in [-0.4, -0.2) is 65.8 Å². The van der Waals surface area contributed by atoms with Gasteiger partial charge >= 0.3 is 5.97 Å². The van der Waals surface area contributed by atoms with Crippen molar-refractivity contribution < 1.29 is 19.7 Å². The molecule has 0 aromatic heterocycles. The van der Waals surface area contributed by atoms with Crippen molar-refractivity contribution in [2.24, 2.45) is 0 Å². The molecule has 0 spiro atoms. The van der Waals surface area contributed by atoms with Gasteiger partial charge in [0.25, 0.3) is 0 Å². The number of hydrogen-bond acceptors (Lipinski definition) is 5. The lowest BCUT2D eigenvalue weighted by Gasteiger charge is -2.34. The van der Waals surface area contributed by atoms with E-state index in [0.29, 0.717) is 18.8 Å². The molecule has 0 unspecified atom stereocenters. The monoisotopic (exact) mass is 294 g/mol. The smallest absolute Gasteiger partial charge is 0.304 e. The number of aliphatic carboxylic acids is 1. The zero-order valence-electron chi connectivity index (χ0n) is 12.3. The van der Waals surface area contributed by atoms with Gasteiger partial charge in [-0.2, -0.15) is 0 Å². The fourth-order valence-corrected chi connectivity index (χ4v) is 2.47. The van der Waals surface area contributed by atoms with E-state index >= 15 is 0 Å². The van der Waals surface area contributed by atoms with Gasteiger partial charge in [-0.1, -0.05) is 6.07 Å². The van der Waals surface area contributed by atoms with Crippen molar-refractivity contribution in [3.05, 3.63) is 23.8 Å². The van der Waals surface area contributed by atoms with E-state index in [4.69, 9.17) is 9.84 Å². The third-order valence-corrected chi connectivity index (χ3v) is 3.79. The van der Waals surface area contributed by atoms with E-state index in [1.807, 2.05) is 12.1 Å². The molecule has 1 aliphatic rings. The molecular weight excluding hydrogens is 272 g/mol. The number of nitrogens with zero attached hydrogens (tertiary/aromatic N) is 2. The van der Waals surface area contributed by atoms with Crippen LogP contribution in [0.25, 0.3) is 0 Å². The van der Waals surface area contributed by atoms with Crippen LogP contribution in [0.2, 0.25) is 0 Å². The zero-order valence-corrected chi connectivity index (χ0v) is 12.3. The van der Waals surface area contributed by atoms with Gasteiger partial charge in [-0.15, -0.1) is 0 Å². The number of carboxylic acid groups (broad SMARTS) is 1. The van der Waals surface area contributed by atoms with Gasteiger partial charge in [0, 0.05) is 50.9 Å². The molecule has 6 heteroatoms. The number of aromatic hydroxyl groups is 1. The summed E-state index contributed by atoms with van der Waals surface area (Å²) in [5, 5.41) is 18.7. The number of carboxylic acids is 1. The van der Waals surface area contributed by atoms with Crippen LogP contribution in [0.3, 0.4) is 0 Å². The van der Waals surface area contributed by atoms with Crippen LogP contribution in [0.5, 0.6) is 11.5 Å². The molecule has 0 atom stereocenters. The first kappa shape index (κ1) is 15.6. The molecule has 0 radical (unpaired) electrons. The average Bonchev–Trinajstić information content (AvgIpc) is 2.48. The van der Waals surface area contributed by atoms with Gasteiger partial charge in [0.2, 0.25) is 0 Å². The molecular formula is C15H22N2O4. The number of hydrogen-bond donors (Lipinski definition) is 2. The second-order valence-corrected chi connectivity index (χ2v) is 5.26. The van der Waals surface area contributed by atoms with Crippen LogP contribution in [0.15, 0.2) is 18.2 Å². The van der Waals surface area contributed by atoms with Crippen molar-refractivity contribution in [2.75, 3.05) is 39.8 Å². The molecule has 1 aromatic carbocycles. The van der Waals surface area contributed by atoms with Gasteiger partial charge < -0.3 is 19.8 Å². The van der Waals surface area contributed by atoms with Gasteiger partial charge in [-0.05, 0) is 6.07 Å². The normalized spacial score (nSPS) is 16.8. The van der Waals surface area contributed by atoms with Crippen LogP contribution in [0.4, 0.5) is 0 Å². The summed E-state index contributed by atoms with van der Waals surface area (Å²) < 4.78 is 5.07. The summed E-state index contributed by atoms with van der Waals surface area (Å²) in [6.07, 6.45) is 0.194. The summed E-state index contributed by atoms with van der Waals surface area (Å²) in [6.45, 7) is 4.80. The van der Waals surface area contributed by atoms with Crippen molar-refractivity contribution in [3.63, 3.8) is 0 Å². The fourth-order valence-electron chi connectivity index (χ4n) is 2.47. The first-order chi connectivity index (χ1) is 10.1. The van der Waals surface area contributed by atoms with Crippen LogP contribution >= 0.6 is 0 Å². The highest BCUT2D eigenvalue weighted by Gasteiger charge is 2.18. The number of phenolic OH excluding ortho intramolecular Hbond substituents is 1. The topological polar surface area (TPSA) is 73.2 Å². The Bertz CT molecular complexity index is 485. The quantitative estimate of drug-likeness (QED) is 0.815. The van der Waals surface area contributed by atoms with Crippen LogP contribution in [0.1, 0.15) is 12.0 Å². The second-order valence-electron chi connectivity index (χ2n) is 5.26. The Labute approximate surface area is 124 Å². The van der Waals surface area contributed by atoms with Gasteiger partial charge in [0.05, 0.1) is 13.5 Å². The van der Waals surface area contributed by atoms with Gasteiger partial charge in [0.15, 0.2) is 0 Å². The summed E-state index contributed by atoms with van der Waals surface area (Å²) in [4.78, 5) is 15.0. The average molecular weight is 294 g/mol. The predicted molar refractivity (Wildman–Crippen MR) is 78.6 cm³/mol. The lowest BCUT2D eigenvalue weighted by molar-refractivity contribution is -0.137. The number of phenols is 1. The predicted octanol–water partition coefficient (Wildman–Crippen LogP) is 0.993. The maximum Gasteiger partial charge on any atom is 0.304 e. The van der Waals surface area contributed by atoms with E-state index in [1.54, 1.807) is 13.2 Å². The van der Waals surface area contributed by atoms with E-state index in [2.05, 4.69) is 9.80 Å². The van der Waals surface area contributed by atoms with Crippen molar-refractivity contribution in [1.82, 2.24) is 9.80 Å². The number of carbonyl (C=O) groups is 1. The van der Waals surface area contributed by atoms with E-state index in [1.165, 1.54) is 0 Å². The minimum Gasteiger partial charge on any atom is -0.507 e. The van der Waals surface area contributed by atoms with Crippen LogP contribution in [0, 0.1) is 0 Å². The Morgan fingerprint density at radius 2 is 1.90 bits per heavy atom. The summed E-state index contributed by atoms with van der Waals surface area (Å²) in [5.41, 5.74) is 0.884. The molecule has 0 bridgehead atoms. The van der Waals surface area contributed by atoms with Crippen LogP contribution < -0.4 is 4.74 Å². The molecule has 6 nitrogen and oxygen atoms in total. The summed E-state index contributed by atoms with van der Waals surface area (Å²) in [6, 6.07) is 5.35. The summed E-state index contributed by atoms with van der Waals surface area (Å²) in [7, 11) is 1.57. The maximum absolute atomic E-state index is 10.6. The molecule has 116 valence electrons. The highest BCUT2D eigenvalue weighted by Crippen LogP contribution is 2.24. The van der Waals surface area contributed by atoms with E-state index in [-0.39, 0.29) is 12.2 Å². The number of methoxy groups -OCH3 is 1. The highest BCUT2D eigenvalue weighted by atomic mass is 16.5. The number of rotatable bonds is 6. The Balaban J connectivity index is 1.82. The third kappa shape index (κ3) is 4.61. The molecule has 0 aliphatic carbocycles. The minimum atomic E-state index is -0.749. The maximum atomic E-state index is 10.6.